The second-order valence-electron chi connectivity index (χ2n) is 2.94. The average Bonchev–Trinajstić information content (AvgIpc) is 2.24. The van der Waals surface area contributed by atoms with Gasteiger partial charge in [-0.2, -0.15) is 13.2 Å². The van der Waals surface area contributed by atoms with Crippen LogP contribution in [0.4, 0.5) is 18.9 Å². The third kappa shape index (κ3) is 3.83. The van der Waals surface area contributed by atoms with Crippen LogP contribution >= 0.6 is 0 Å². The number of aliphatic hydroxyl groups excluding tert-OH is 1. The van der Waals surface area contributed by atoms with Gasteiger partial charge in [-0.25, -0.2) is 0 Å². The Kier molecular flexibility index (Phi) is 4.20. The molecule has 1 rings (SSSR count). The van der Waals surface area contributed by atoms with E-state index in [9.17, 15) is 13.2 Å². The second kappa shape index (κ2) is 5.42. The lowest BCUT2D eigenvalue weighted by molar-refractivity contribution is -0.137. The quantitative estimate of drug-likeness (QED) is 0.761. The molecule has 0 radical (unpaired) electrons. The van der Waals surface area contributed by atoms with Crippen LogP contribution in [0.5, 0.6) is 0 Å². The van der Waals surface area contributed by atoms with Crippen LogP contribution in [0.3, 0.4) is 0 Å². The van der Waals surface area contributed by atoms with Gasteiger partial charge in [-0.05, 0) is 18.2 Å². The first-order valence-electron chi connectivity index (χ1n) is 4.52. The van der Waals surface area contributed by atoms with E-state index in [-0.39, 0.29) is 13.2 Å². The molecule has 86 valence electrons. The van der Waals surface area contributed by atoms with Crippen LogP contribution in [0.2, 0.25) is 0 Å². The Morgan fingerprint density at radius 3 is 2.62 bits per heavy atom. The van der Waals surface area contributed by atoms with Crippen molar-refractivity contribution in [3.63, 3.8) is 0 Å². The van der Waals surface area contributed by atoms with E-state index in [1.807, 2.05) is 0 Å². The van der Waals surface area contributed by atoms with Crippen LogP contribution in [-0.4, -0.2) is 18.3 Å². The maximum absolute atomic E-state index is 12.3. The Labute approximate surface area is 91.1 Å². The molecule has 0 spiro atoms. The fourth-order valence-corrected chi connectivity index (χ4v) is 1.07. The molecule has 16 heavy (non-hydrogen) atoms. The Morgan fingerprint density at radius 2 is 2.00 bits per heavy atom. The van der Waals surface area contributed by atoms with Gasteiger partial charge in [0, 0.05) is 5.69 Å². The van der Waals surface area contributed by atoms with Crippen molar-refractivity contribution in [1.82, 2.24) is 0 Å². The fourth-order valence-electron chi connectivity index (χ4n) is 1.07. The van der Waals surface area contributed by atoms with E-state index in [1.54, 1.807) is 0 Å². The van der Waals surface area contributed by atoms with E-state index in [1.165, 1.54) is 12.1 Å². The summed E-state index contributed by atoms with van der Waals surface area (Å²) in [6.07, 6.45) is -4.34. The summed E-state index contributed by atoms with van der Waals surface area (Å²) in [5.74, 6) is 4.93. The molecular formula is C11H10F3NO. The predicted molar refractivity (Wildman–Crippen MR) is 54.8 cm³/mol. The molecule has 0 aromatic heterocycles. The second-order valence-corrected chi connectivity index (χ2v) is 2.94. The van der Waals surface area contributed by atoms with Crippen molar-refractivity contribution in [2.45, 2.75) is 6.18 Å². The van der Waals surface area contributed by atoms with Crippen molar-refractivity contribution in [3.8, 4) is 11.8 Å². The number of anilines is 1. The minimum atomic E-state index is -4.34. The molecule has 0 heterocycles. The van der Waals surface area contributed by atoms with E-state index < -0.39 is 11.7 Å². The molecule has 5 heteroatoms. The fraction of sp³-hybridized carbons (Fsp3) is 0.273. The van der Waals surface area contributed by atoms with Crippen LogP contribution in [0.25, 0.3) is 0 Å². The zero-order chi connectivity index (χ0) is 12.0. The van der Waals surface area contributed by atoms with Gasteiger partial charge in [-0.1, -0.05) is 17.9 Å². The smallest absolute Gasteiger partial charge is 0.384 e. The van der Waals surface area contributed by atoms with Crippen molar-refractivity contribution in [2.24, 2.45) is 0 Å². The Hall–Kier alpha value is -1.67. The van der Waals surface area contributed by atoms with Gasteiger partial charge in [0.25, 0.3) is 0 Å². The molecule has 0 aliphatic heterocycles. The highest BCUT2D eigenvalue weighted by Gasteiger charge is 2.30. The van der Waals surface area contributed by atoms with Gasteiger partial charge in [-0.3, -0.25) is 0 Å². The lowest BCUT2D eigenvalue weighted by Crippen LogP contribution is -2.06. The molecule has 0 fully saturated rings. The van der Waals surface area contributed by atoms with E-state index >= 15 is 0 Å². The molecule has 1 aromatic rings. The maximum Gasteiger partial charge on any atom is 0.416 e. The van der Waals surface area contributed by atoms with Gasteiger partial charge < -0.3 is 10.4 Å². The SMILES string of the molecule is OCC#CCNc1cccc(C(F)(F)F)c1. The van der Waals surface area contributed by atoms with E-state index in [0.717, 1.165) is 12.1 Å². The number of hydrogen-bond acceptors (Lipinski definition) is 2. The van der Waals surface area contributed by atoms with Crippen LogP contribution in [-0.2, 0) is 6.18 Å². The number of alkyl halides is 3. The van der Waals surface area contributed by atoms with Gasteiger partial charge in [0.05, 0.1) is 12.1 Å². The van der Waals surface area contributed by atoms with Crippen molar-refractivity contribution in [3.05, 3.63) is 29.8 Å². The molecule has 0 saturated carbocycles. The van der Waals surface area contributed by atoms with E-state index in [4.69, 9.17) is 5.11 Å². The summed E-state index contributed by atoms with van der Waals surface area (Å²) in [5.41, 5.74) is -0.352. The number of aliphatic hydroxyl groups is 1. The summed E-state index contributed by atoms with van der Waals surface area (Å²) in [7, 11) is 0. The Balaban J connectivity index is 2.68. The largest absolute Gasteiger partial charge is 0.416 e. The predicted octanol–water partition coefficient (Wildman–Crippen LogP) is 2.11. The van der Waals surface area contributed by atoms with Crippen molar-refractivity contribution >= 4 is 5.69 Å². The van der Waals surface area contributed by atoms with Gasteiger partial charge in [-0.15, -0.1) is 0 Å². The van der Waals surface area contributed by atoms with Gasteiger partial charge in [0.2, 0.25) is 0 Å². The van der Waals surface area contributed by atoms with Crippen LogP contribution in [0.1, 0.15) is 5.56 Å². The van der Waals surface area contributed by atoms with Gasteiger partial charge in [0.15, 0.2) is 0 Å². The van der Waals surface area contributed by atoms with E-state index in [0.29, 0.717) is 5.69 Å². The molecule has 0 aliphatic carbocycles. The maximum atomic E-state index is 12.3. The average molecular weight is 229 g/mol. The highest BCUT2D eigenvalue weighted by Crippen LogP contribution is 2.30. The topological polar surface area (TPSA) is 32.3 Å². The van der Waals surface area contributed by atoms with Gasteiger partial charge >= 0.3 is 6.18 Å². The van der Waals surface area contributed by atoms with Crippen molar-refractivity contribution in [1.29, 1.82) is 0 Å². The number of nitrogens with one attached hydrogen (secondary N) is 1. The van der Waals surface area contributed by atoms with E-state index in [2.05, 4.69) is 17.2 Å². The Morgan fingerprint density at radius 1 is 1.25 bits per heavy atom. The third-order valence-corrected chi connectivity index (χ3v) is 1.77. The first-order valence-corrected chi connectivity index (χ1v) is 4.52. The number of halogens is 3. The molecule has 1 aromatic carbocycles. The van der Waals surface area contributed by atoms with Crippen LogP contribution in [0, 0.1) is 11.8 Å². The minimum absolute atomic E-state index is 0.196. The van der Waals surface area contributed by atoms with Crippen molar-refractivity contribution < 1.29 is 18.3 Å². The number of benzene rings is 1. The molecule has 2 N–H and O–H groups in total. The molecule has 0 aliphatic rings. The summed E-state index contributed by atoms with van der Waals surface area (Å²) in [4.78, 5) is 0. The molecule has 2 nitrogen and oxygen atoms in total. The van der Waals surface area contributed by atoms with Crippen LogP contribution in [0.15, 0.2) is 24.3 Å². The zero-order valence-electron chi connectivity index (χ0n) is 8.30. The summed E-state index contributed by atoms with van der Waals surface area (Å²) in [6, 6.07) is 4.87. The molecule has 0 saturated heterocycles. The normalized spacial score (nSPS) is 10.5. The highest BCUT2D eigenvalue weighted by molar-refractivity contribution is 5.47. The third-order valence-electron chi connectivity index (χ3n) is 1.77. The lowest BCUT2D eigenvalue weighted by atomic mass is 10.2. The monoisotopic (exact) mass is 229 g/mol. The van der Waals surface area contributed by atoms with Crippen LogP contribution < -0.4 is 5.32 Å². The summed E-state index contributed by atoms with van der Waals surface area (Å²) >= 11 is 0. The molecule has 0 bridgehead atoms. The first-order chi connectivity index (χ1) is 7.54. The molecular weight excluding hydrogens is 219 g/mol. The summed E-state index contributed by atoms with van der Waals surface area (Å²) in [5, 5.41) is 11.1. The van der Waals surface area contributed by atoms with Crippen molar-refractivity contribution in [2.75, 3.05) is 18.5 Å². The van der Waals surface area contributed by atoms with Gasteiger partial charge in [0.1, 0.15) is 6.61 Å². The molecule has 0 amide bonds. The summed E-state index contributed by atoms with van der Waals surface area (Å²) < 4.78 is 37.0. The number of rotatable bonds is 2. The standard InChI is InChI=1S/C11H10F3NO/c12-11(13,14)9-4-3-5-10(8-9)15-6-1-2-7-16/h3-5,8,15-16H,6-7H2. The minimum Gasteiger partial charge on any atom is -0.384 e. The molecule has 0 atom stereocenters. The number of hydrogen-bond donors (Lipinski definition) is 2. The Bertz CT molecular complexity index is 404. The lowest BCUT2D eigenvalue weighted by Gasteiger charge is -2.08. The molecule has 0 unspecified atom stereocenters. The summed E-state index contributed by atoms with van der Waals surface area (Å²) in [6.45, 7) is -0.0634. The highest BCUT2D eigenvalue weighted by atomic mass is 19.4. The first kappa shape index (κ1) is 12.4. The zero-order valence-corrected chi connectivity index (χ0v) is 8.30.